The molecule has 0 aromatic rings. The molecule has 0 fully saturated rings. The molecule has 0 aliphatic carbocycles. The van der Waals surface area contributed by atoms with E-state index in [9.17, 15) is 5.26 Å². The summed E-state index contributed by atoms with van der Waals surface area (Å²) in [6, 6.07) is 0.540. The lowest BCUT2D eigenvalue weighted by molar-refractivity contribution is 0.0624. The molecule has 0 aliphatic heterocycles. The molecule has 1 N–H and O–H groups in total. The SMILES string of the molecule is CCC(CC)NC(C)(C)COCC(C)(C)B(C#N)C(CC)CC. The van der Waals surface area contributed by atoms with Crippen molar-refractivity contribution in [3.05, 3.63) is 0 Å². The van der Waals surface area contributed by atoms with Crippen LogP contribution in [0.2, 0.25) is 11.1 Å². The van der Waals surface area contributed by atoms with Gasteiger partial charge in [0.25, 0.3) is 6.71 Å². The highest BCUT2D eigenvalue weighted by molar-refractivity contribution is 6.71. The van der Waals surface area contributed by atoms with Crippen LogP contribution in [0.15, 0.2) is 0 Å². The summed E-state index contributed by atoms with van der Waals surface area (Å²) in [5.74, 6) is 3.00. The lowest BCUT2D eigenvalue weighted by Crippen LogP contribution is -2.49. The molecule has 0 spiro atoms. The van der Waals surface area contributed by atoms with Crippen LogP contribution >= 0.6 is 0 Å². The third-order valence-corrected chi connectivity index (χ3v) is 5.02. The van der Waals surface area contributed by atoms with Crippen molar-refractivity contribution < 1.29 is 4.74 Å². The summed E-state index contributed by atoms with van der Waals surface area (Å²) in [6.07, 6.45) is 4.38. The van der Waals surface area contributed by atoms with Gasteiger partial charge in [0, 0.05) is 24.2 Å². The van der Waals surface area contributed by atoms with Gasteiger partial charge in [-0.05, 0) is 37.8 Å². The van der Waals surface area contributed by atoms with Gasteiger partial charge in [-0.2, -0.15) is 0 Å². The molecule has 134 valence electrons. The van der Waals surface area contributed by atoms with Crippen LogP contribution in [-0.4, -0.2) is 31.5 Å². The largest absolute Gasteiger partial charge is 0.380 e. The Hall–Kier alpha value is -0.525. The summed E-state index contributed by atoms with van der Waals surface area (Å²) < 4.78 is 6.06. The molecule has 0 rings (SSSR count). The molecular weight excluding hydrogens is 283 g/mol. The molecular formula is C19H39BN2O. The van der Waals surface area contributed by atoms with Gasteiger partial charge in [-0.15, -0.1) is 0 Å². The van der Waals surface area contributed by atoms with Gasteiger partial charge in [0.2, 0.25) is 0 Å². The highest BCUT2D eigenvalue weighted by atomic mass is 16.5. The molecule has 0 radical (unpaired) electrons. The number of rotatable bonds is 12. The smallest absolute Gasteiger partial charge is 0.279 e. The number of nitriles is 1. The standard InChI is InChI=1S/C19H39BN2O/c1-9-16(10-2)20(15-21)18(5,6)13-23-14-19(7,8)22-17(11-3)12-4/h16-17,22H,9-14H2,1-8H3. The number of ether oxygens (including phenoxy) is 1. The lowest BCUT2D eigenvalue weighted by atomic mass is 9.28. The van der Waals surface area contributed by atoms with E-state index in [0.717, 1.165) is 25.7 Å². The van der Waals surface area contributed by atoms with E-state index in [1.807, 2.05) is 0 Å². The molecule has 0 aromatic heterocycles. The first-order valence-electron chi connectivity index (χ1n) is 9.42. The fourth-order valence-corrected chi connectivity index (χ4v) is 3.42. The maximum Gasteiger partial charge on any atom is 0.279 e. The summed E-state index contributed by atoms with van der Waals surface area (Å²) in [6.45, 7) is 18.9. The maximum atomic E-state index is 9.62. The summed E-state index contributed by atoms with van der Waals surface area (Å²) in [7, 11) is 0. The molecule has 0 atom stereocenters. The minimum atomic E-state index is -0.115. The number of hydrogen-bond acceptors (Lipinski definition) is 3. The number of nitrogens with one attached hydrogen (secondary N) is 1. The Morgan fingerprint density at radius 3 is 1.87 bits per heavy atom. The molecule has 0 saturated heterocycles. The highest BCUT2D eigenvalue weighted by Crippen LogP contribution is 2.37. The van der Waals surface area contributed by atoms with E-state index in [1.165, 1.54) is 0 Å². The Labute approximate surface area is 145 Å². The molecule has 0 aliphatic rings. The van der Waals surface area contributed by atoms with Gasteiger partial charge in [0.05, 0.1) is 6.61 Å². The van der Waals surface area contributed by atoms with Gasteiger partial charge < -0.3 is 10.1 Å². The molecule has 3 nitrogen and oxygen atoms in total. The van der Waals surface area contributed by atoms with E-state index >= 15 is 0 Å². The molecule has 23 heavy (non-hydrogen) atoms. The minimum absolute atomic E-state index is 0.0379. The molecule has 0 bridgehead atoms. The van der Waals surface area contributed by atoms with Crippen molar-refractivity contribution in [3.63, 3.8) is 0 Å². The second kappa shape index (κ2) is 10.4. The van der Waals surface area contributed by atoms with Crippen LogP contribution in [0.5, 0.6) is 0 Å². The second-order valence-corrected chi connectivity index (χ2v) is 8.21. The predicted octanol–water partition coefficient (Wildman–Crippen LogP) is 5.09. The van der Waals surface area contributed by atoms with Gasteiger partial charge in [-0.1, -0.05) is 54.4 Å². The molecule has 0 saturated carbocycles. The van der Waals surface area contributed by atoms with E-state index in [0.29, 0.717) is 25.1 Å². The zero-order valence-electron chi connectivity index (χ0n) is 16.8. The monoisotopic (exact) mass is 322 g/mol. The summed E-state index contributed by atoms with van der Waals surface area (Å²) in [4.78, 5) is 0. The van der Waals surface area contributed by atoms with Gasteiger partial charge in [-0.3, -0.25) is 0 Å². The van der Waals surface area contributed by atoms with Crippen molar-refractivity contribution in [2.24, 2.45) is 0 Å². The highest BCUT2D eigenvalue weighted by Gasteiger charge is 2.39. The van der Waals surface area contributed by atoms with E-state index in [2.05, 4.69) is 66.7 Å². The zero-order valence-corrected chi connectivity index (χ0v) is 16.8. The normalized spacial score (nSPS) is 12.7. The van der Waals surface area contributed by atoms with Crippen molar-refractivity contribution >= 4 is 6.71 Å². The second-order valence-electron chi connectivity index (χ2n) is 8.21. The third kappa shape index (κ3) is 7.72. The Morgan fingerprint density at radius 2 is 1.48 bits per heavy atom. The van der Waals surface area contributed by atoms with Crippen LogP contribution in [0.4, 0.5) is 0 Å². The Bertz CT molecular complexity index is 355. The van der Waals surface area contributed by atoms with Crippen molar-refractivity contribution in [2.45, 2.75) is 104 Å². The number of hydrogen-bond donors (Lipinski definition) is 1. The van der Waals surface area contributed by atoms with Crippen LogP contribution in [0.1, 0.15) is 81.1 Å². The summed E-state index contributed by atoms with van der Waals surface area (Å²) >= 11 is 0. The zero-order chi connectivity index (χ0) is 18.1. The molecule has 0 heterocycles. The fraction of sp³-hybridized carbons (Fsp3) is 0.947. The Balaban J connectivity index is 4.61. The maximum absolute atomic E-state index is 9.62. The van der Waals surface area contributed by atoms with E-state index < -0.39 is 0 Å². The first-order valence-corrected chi connectivity index (χ1v) is 9.42. The van der Waals surface area contributed by atoms with E-state index in [4.69, 9.17) is 4.74 Å². The topological polar surface area (TPSA) is 45.0 Å². The van der Waals surface area contributed by atoms with Crippen LogP contribution in [0.25, 0.3) is 0 Å². The van der Waals surface area contributed by atoms with Gasteiger partial charge in [0.15, 0.2) is 0 Å². The predicted molar refractivity (Wildman–Crippen MR) is 102 cm³/mol. The van der Waals surface area contributed by atoms with Crippen LogP contribution < -0.4 is 5.32 Å². The average molecular weight is 322 g/mol. The van der Waals surface area contributed by atoms with Crippen LogP contribution in [0.3, 0.4) is 0 Å². The van der Waals surface area contributed by atoms with Gasteiger partial charge in [0.1, 0.15) is 0 Å². The first kappa shape index (κ1) is 22.5. The van der Waals surface area contributed by atoms with E-state index in [-0.39, 0.29) is 17.6 Å². The molecule has 0 aromatic carbocycles. The van der Waals surface area contributed by atoms with Gasteiger partial charge >= 0.3 is 0 Å². The molecule has 0 amide bonds. The van der Waals surface area contributed by atoms with Gasteiger partial charge in [-0.25, -0.2) is 5.26 Å². The van der Waals surface area contributed by atoms with Crippen LogP contribution in [-0.2, 0) is 4.74 Å². The first-order chi connectivity index (χ1) is 10.7. The van der Waals surface area contributed by atoms with E-state index in [1.54, 1.807) is 0 Å². The summed E-state index contributed by atoms with van der Waals surface area (Å²) in [5, 5.41) is 13.2. The third-order valence-electron chi connectivity index (χ3n) is 5.02. The number of nitrogens with zero attached hydrogens (tertiary/aromatic N) is 1. The minimum Gasteiger partial charge on any atom is -0.380 e. The quantitative estimate of drug-likeness (QED) is 0.509. The Morgan fingerprint density at radius 1 is 0.957 bits per heavy atom. The molecule has 4 heteroatoms. The fourth-order valence-electron chi connectivity index (χ4n) is 3.42. The Kier molecular flexibility index (Phi) is 10.1. The van der Waals surface area contributed by atoms with Crippen LogP contribution in [0, 0.1) is 11.2 Å². The average Bonchev–Trinajstić information content (AvgIpc) is 2.49. The van der Waals surface area contributed by atoms with Crippen molar-refractivity contribution in [2.75, 3.05) is 13.2 Å². The van der Waals surface area contributed by atoms with Crippen molar-refractivity contribution in [3.8, 4) is 5.97 Å². The van der Waals surface area contributed by atoms with Crippen molar-refractivity contribution in [1.29, 1.82) is 5.26 Å². The van der Waals surface area contributed by atoms with Crippen molar-refractivity contribution in [1.82, 2.24) is 5.32 Å². The lowest BCUT2D eigenvalue weighted by Gasteiger charge is -2.35. The molecule has 0 unspecified atom stereocenters. The summed E-state index contributed by atoms with van der Waals surface area (Å²) in [5.41, 5.74) is -0.0379.